The highest BCUT2D eigenvalue weighted by Crippen LogP contribution is 2.28. The third kappa shape index (κ3) is 4.23. The first kappa shape index (κ1) is 13.3. The van der Waals surface area contributed by atoms with Crippen LogP contribution in [-0.2, 0) is 0 Å². The monoisotopic (exact) mass is 240 g/mol. The van der Waals surface area contributed by atoms with Gasteiger partial charge in [0.05, 0.1) is 6.10 Å². The van der Waals surface area contributed by atoms with Crippen LogP contribution in [0.15, 0.2) is 0 Å². The number of nitrogens with zero attached hydrogens (tertiary/aromatic N) is 1. The Kier molecular flexibility index (Phi) is 5.26. The molecule has 1 heterocycles. The molecule has 0 spiro atoms. The van der Waals surface area contributed by atoms with Crippen molar-refractivity contribution < 1.29 is 5.11 Å². The summed E-state index contributed by atoms with van der Waals surface area (Å²) in [5, 5.41) is 13.5. The molecule has 0 amide bonds. The highest BCUT2D eigenvalue weighted by atomic mass is 16.3. The normalized spacial score (nSPS) is 29.6. The van der Waals surface area contributed by atoms with Crippen molar-refractivity contribution in [2.75, 3.05) is 26.7 Å². The Bertz CT molecular complexity index is 216. The minimum atomic E-state index is -0.103. The van der Waals surface area contributed by atoms with Crippen molar-refractivity contribution in [2.45, 2.75) is 57.1 Å². The van der Waals surface area contributed by atoms with Gasteiger partial charge in [-0.2, -0.15) is 0 Å². The molecule has 2 fully saturated rings. The topological polar surface area (TPSA) is 35.5 Å². The van der Waals surface area contributed by atoms with Gasteiger partial charge in [0.2, 0.25) is 0 Å². The van der Waals surface area contributed by atoms with Gasteiger partial charge in [-0.3, -0.25) is 4.90 Å². The summed E-state index contributed by atoms with van der Waals surface area (Å²) in [6, 6.07) is 0.627. The SMILES string of the molecule is CNC1CCCN(CC(O)CC2CCCC2)C1. The second-order valence-electron chi connectivity index (χ2n) is 5.93. The lowest BCUT2D eigenvalue weighted by Gasteiger charge is -2.34. The average Bonchev–Trinajstić information content (AvgIpc) is 2.82. The van der Waals surface area contributed by atoms with E-state index < -0.39 is 0 Å². The number of piperidine rings is 1. The summed E-state index contributed by atoms with van der Waals surface area (Å²) in [5.41, 5.74) is 0. The van der Waals surface area contributed by atoms with E-state index in [9.17, 15) is 5.11 Å². The van der Waals surface area contributed by atoms with Gasteiger partial charge in [0.15, 0.2) is 0 Å². The van der Waals surface area contributed by atoms with Crippen LogP contribution < -0.4 is 5.32 Å². The van der Waals surface area contributed by atoms with Crippen LogP contribution in [0.25, 0.3) is 0 Å². The molecule has 0 bridgehead atoms. The number of aliphatic hydroxyl groups is 1. The maximum Gasteiger partial charge on any atom is 0.0669 e. The second-order valence-corrected chi connectivity index (χ2v) is 5.93. The molecule has 2 atom stereocenters. The molecular formula is C14H28N2O. The van der Waals surface area contributed by atoms with E-state index >= 15 is 0 Å². The van der Waals surface area contributed by atoms with E-state index in [1.165, 1.54) is 45.1 Å². The van der Waals surface area contributed by atoms with Gasteiger partial charge in [0.1, 0.15) is 0 Å². The van der Waals surface area contributed by atoms with Crippen molar-refractivity contribution in [1.82, 2.24) is 10.2 Å². The van der Waals surface area contributed by atoms with Gasteiger partial charge in [-0.1, -0.05) is 25.7 Å². The van der Waals surface area contributed by atoms with Crippen LogP contribution in [0, 0.1) is 5.92 Å². The molecule has 100 valence electrons. The predicted molar refractivity (Wildman–Crippen MR) is 71.1 cm³/mol. The molecule has 17 heavy (non-hydrogen) atoms. The van der Waals surface area contributed by atoms with Gasteiger partial charge < -0.3 is 10.4 Å². The lowest BCUT2D eigenvalue weighted by Crippen LogP contribution is -2.47. The van der Waals surface area contributed by atoms with E-state index in [2.05, 4.69) is 10.2 Å². The molecule has 2 aliphatic rings. The van der Waals surface area contributed by atoms with E-state index in [1.54, 1.807) is 0 Å². The lowest BCUT2D eigenvalue weighted by molar-refractivity contribution is 0.0754. The molecule has 3 nitrogen and oxygen atoms in total. The number of aliphatic hydroxyl groups excluding tert-OH is 1. The first-order valence-electron chi connectivity index (χ1n) is 7.35. The van der Waals surface area contributed by atoms with Crippen LogP contribution in [0.2, 0.25) is 0 Å². The van der Waals surface area contributed by atoms with Gasteiger partial charge >= 0.3 is 0 Å². The smallest absolute Gasteiger partial charge is 0.0669 e. The average molecular weight is 240 g/mol. The lowest BCUT2D eigenvalue weighted by atomic mass is 9.99. The van der Waals surface area contributed by atoms with Crippen LogP contribution in [0.3, 0.4) is 0 Å². The summed E-state index contributed by atoms with van der Waals surface area (Å²) in [7, 11) is 2.04. The molecule has 0 aromatic carbocycles. The zero-order valence-corrected chi connectivity index (χ0v) is 11.2. The van der Waals surface area contributed by atoms with E-state index in [1.807, 2.05) is 7.05 Å². The maximum absolute atomic E-state index is 10.2. The summed E-state index contributed by atoms with van der Waals surface area (Å²) in [5.74, 6) is 0.801. The van der Waals surface area contributed by atoms with E-state index in [0.717, 1.165) is 25.4 Å². The van der Waals surface area contributed by atoms with Gasteiger partial charge in [0, 0.05) is 19.1 Å². The Morgan fingerprint density at radius 3 is 2.71 bits per heavy atom. The first-order chi connectivity index (χ1) is 8.28. The van der Waals surface area contributed by atoms with Crippen molar-refractivity contribution in [3.63, 3.8) is 0 Å². The minimum absolute atomic E-state index is 0.103. The third-order valence-corrected chi connectivity index (χ3v) is 4.46. The Labute approximate surface area is 106 Å². The molecule has 2 unspecified atom stereocenters. The molecule has 3 heteroatoms. The van der Waals surface area contributed by atoms with E-state index in [-0.39, 0.29) is 6.10 Å². The number of hydrogen-bond donors (Lipinski definition) is 2. The molecular weight excluding hydrogens is 212 g/mol. The van der Waals surface area contributed by atoms with Gasteiger partial charge in [0.25, 0.3) is 0 Å². The Hall–Kier alpha value is -0.120. The number of nitrogens with one attached hydrogen (secondary N) is 1. The van der Waals surface area contributed by atoms with E-state index in [0.29, 0.717) is 6.04 Å². The predicted octanol–water partition coefficient (Wildman–Crippen LogP) is 1.61. The maximum atomic E-state index is 10.2. The highest BCUT2D eigenvalue weighted by Gasteiger charge is 2.23. The van der Waals surface area contributed by atoms with Gasteiger partial charge in [-0.05, 0) is 38.8 Å². The number of rotatable bonds is 5. The van der Waals surface area contributed by atoms with Crippen LogP contribution in [-0.4, -0.2) is 48.8 Å². The number of likely N-dealkylation sites (tertiary alicyclic amines) is 1. The third-order valence-electron chi connectivity index (χ3n) is 4.46. The van der Waals surface area contributed by atoms with Gasteiger partial charge in [-0.15, -0.1) is 0 Å². The van der Waals surface area contributed by atoms with Crippen LogP contribution in [0.5, 0.6) is 0 Å². The van der Waals surface area contributed by atoms with Crippen LogP contribution in [0.1, 0.15) is 44.9 Å². The quantitative estimate of drug-likeness (QED) is 0.766. The molecule has 1 saturated heterocycles. The van der Waals surface area contributed by atoms with Crippen molar-refractivity contribution >= 4 is 0 Å². The Morgan fingerprint density at radius 1 is 1.24 bits per heavy atom. The zero-order chi connectivity index (χ0) is 12.1. The standard InChI is InChI=1S/C14H28N2O/c1-15-13-7-4-8-16(10-13)11-14(17)9-12-5-2-3-6-12/h12-15,17H,2-11H2,1H3. The number of likely N-dealkylation sites (N-methyl/N-ethyl adjacent to an activating group) is 1. The molecule has 2 rings (SSSR count). The fourth-order valence-electron chi connectivity index (χ4n) is 3.46. The van der Waals surface area contributed by atoms with Crippen LogP contribution in [0.4, 0.5) is 0 Å². The van der Waals surface area contributed by atoms with Crippen molar-refractivity contribution in [2.24, 2.45) is 5.92 Å². The summed E-state index contributed by atoms with van der Waals surface area (Å²) >= 11 is 0. The van der Waals surface area contributed by atoms with E-state index in [4.69, 9.17) is 0 Å². The fraction of sp³-hybridized carbons (Fsp3) is 1.00. The van der Waals surface area contributed by atoms with Crippen LogP contribution >= 0.6 is 0 Å². The zero-order valence-electron chi connectivity index (χ0n) is 11.2. The summed E-state index contributed by atoms with van der Waals surface area (Å²) in [6.45, 7) is 3.16. The summed E-state index contributed by atoms with van der Waals surface area (Å²) < 4.78 is 0. The molecule has 0 aromatic heterocycles. The fourth-order valence-corrected chi connectivity index (χ4v) is 3.46. The van der Waals surface area contributed by atoms with Crippen molar-refractivity contribution in [1.29, 1.82) is 0 Å². The molecule has 0 radical (unpaired) electrons. The van der Waals surface area contributed by atoms with Crippen molar-refractivity contribution in [3.8, 4) is 0 Å². The number of hydrogen-bond acceptors (Lipinski definition) is 3. The minimum Gasteiger partial charge on any atom is -0.392 e. The molecule has 1 aliphatic carbocycles. The molecule has 0 aromatic rings. The molecule has 1 aliphatic heterocycles. The summed E-state index contributed by atoms with van der Waals surface area (Å²) in [6.07, 6.45) is 8.92. The second kappa shape index (κ2) is 6.72. The first-order valence-corrected chi connectivity index (χ1v) is 7.35. The molecule has 1 saturated carbocycles. The number of β-amino-alcohol motifs (C(OH)–C–C–N with tert-alkyl or cyclic N) is 1. The largest absolute Gasteiger partial charge is 0.392 e. The Balaban J connectivity index is 1.68. The van der Waals surface area contributed by atoms with Gasteiger partial charge in [-0.25, -0.2) is 0 Å². The highest BCUT2D eigenvalue weighted by molar-refractivity contribution is 4.80. The molecule has 2 N–H and O–H groups in total. The summed E-state index contributed by atoms with van der Waals surface area (Å²) in [4.78, 5) is 2.43. The van der Waals surface area contributed by atoms with Crippen molar-refractivity contribution in [3.05, 3.63) is 0 Å². The Morgan fingerprint density at radius 2 is 2.00 bits per heavy atom.